The van der Waals surface area contributed by atoms with Gasteiger partial charge in [0.15, 0.2) is 5.76 Å². The van der Waals surface area contributed by atoms with Crippen LogP contribution in [-0.4, -0.2) is 21.9 Å². The Morgan fingerprint density at radius 3 is 2.62 bits per heavy atom. The number of nitrogens with zero attached hydrogens (tertiary/aromatic N) is 2. The molecule has 0 unspecified atom stereocenters. The summed E-state index contributed by atoms with van der Waals surface area (Å²) in [5.74, 6) is 0.406. The molecular formula is C14H8Cl3N3O3S. The third-order valence-corrected chi connectivity index (χ3v) is 4.37. The second-order valence-electron chi connectivity index (χ2n) is 4.43. The fraction of sp³-hybridized carbons (Fsp3) is 0.0714. The average molecular weight is 405 g/mol. The lowest BCUT2D eigenvalue weighted by molar-refractivity contribution is -0.113. The average Bonchev–Trinajstić information content (AvgIpc) is 3.19. The molecule has 3 aromatic rings. The van der Waals surface area contributed by atoms with Crippen LogP contribution >= 0.6 is 46.6 Å². The van der Waals surface area contributed by atoms with Crippen LogP contribution in [0.2, 0.25) is 15.1 Å². The normalized spacial score (nSPS) is 10.8. The number of aromatic nitrogens is 2. The second-order valence-corrected chi connectivity index (χ2v) is 6.61. The minimum atomic E-state index is -0.330. The van der Waals surface area contributed by atoms with E-state index >= 15 is 0 Å². The second kappa shape index (κ2) is 7.48. The van der Waals surface area contributed by atoms with Crippen molar-refractivity contribution in [3.63, 3.8) is 0 Å². The number of halogens is 3. The molecule has 0 spiro atoms. The van der Waals surface area contributed by atoms with E-state index in [0.29, 0.717) is 16.5 Å². The predicted octanol–water partition coefficient (Wildman–Crippen LogP) is 5.02. The molecule has 0 saturated heterocycles. The standard InChI is InChI=1S/C14H8Cl3N3O3S/c15-7-4-8(16)12(9(17)5-7)18-11(21)6-24-14-20-19-13(23-14)10-2-1-3-22-10/h1-5H,6H2,(H,18,21). The third kappa shape index (κ3) is 4.05. The van der Waals surface area contributed by atoms with Crippen LogP contribution < -0.4 is 5.32 Å². The van der Waals surface area contributed by atoms with Gasteiger partial charge >= 0.3 is 0 Å². The summed E-state index contributed by atoms with van der Waals surface area (Å²) in [6.07, 6.45) is 1.50. The number of carbonyl (C=O) groups excluding carboxylic acids is 1. The predicted molar refractivity (Wildman–Crippen MR) is 92.8 cm³/mol. The van der Waals surface area contributed by atoms with Gasteiger partial charge in [0.1, 0.15) is 0 Å². The van der Waals surface area contributed by atoms with Gasteiger partial charge < -0.3 is 14.2 Å². The number of carbonyl (C=O) groups is 1. The number of rotatable bonds is 5. The zero-order chi connectivity index (χ0) is 17.1. The smallest absolute Gasteiger partial charge is 0.284 e. The summed E-state index contributed by atoms with van der Waals surface area (Å²) in [4.78, 5) is 12.0. The number of hydrogen-bond donors (Lipinski definition) is 1. The Labute approximate surface area is 155 Å². The summed E-state index contributed by atoms with van der Waals surface area (Å²) < 4.78 is 10.5. The van der Waals surface area contributed by atoms with Gasteiger partial charge in [0.25, 0.3) is 11.1 Å². The molecule has 0 bridgehead atoms. The topological polar surface area (TPSA) is 81.2 Å². The minimum absolute atomic E-state index is 0.0368. The Balaban J connectivity index is 1.60. The molecule has 1 aromatic carbocycles. The molecule has 0 aliphatic heterocycles. The molecule has 0 fully saturated rings. The van der Waals surface area contributed by atoms with Crippen LogP contribution in [-0.2, 0) is 4.79 Å². The van der Waals surface area contributed by atoms with Gasteiger partial charge in [-0.15, -0.1) is 10.2 Å². The molecule has 0 saturated carbocycles. The molecule has 2 aromatic heterocycles. The Kier molecular flexibility index (Phi) is 5.35. The van der Waals surface area contributed by atoms with Crippen LogP contribution in [0.3, 0.4) is 0 Å². The number of furan rings is 1. The first kappa shape index (κ1) is 17.2. The van der Waals surface area contributed by atoms with E-state index in [0.717, 1.165) is 11.8 Å². The first-order valence-electron chi connectivity index (χ1n) is 6.47. The summed E-state index contributed by atoms with van der Waals surface area (Å²) in [5, 5.41) is 11.4. The van der Waals surface area contributed by atoms with Crippen molar-refractivity contribution >= 4 is 58.2 Å². The molecule has 0 aliphatic carbocycles. The first-order valence-corrected chi connectivity index (χ1v) is 8.59. The van der Waals surface area contributed by atoms with Crippen molar-refractivity contribution in [1.82, 2.24) is 10.2 Å². The maximum Gasteiger partial charge on any atom is 0.284 e. The van der Waals surface area contributed by atoms with E-state index in [-0.39, 0.29) is 32.8 Å². The quantitative estimate of drug-likeness (QED) is 0.601. The lowest BCUT2D eigenvalue weighted by Gasteiger charge is -2.09. The Hall–Kier alpha value is -1.67. The van der Waals surface area contributed by atoms with Crippen molar-refractivity contribution in [2.24, 2.45) is 0 Å². The highest BCUT2D eigenvalue weighted by atomic mass is 35.5. The summed E-state index contributed by atoms with van der Waals surface area (Å²) >= 11 is 18.9. The van der Waals surface area contributed by atoms with Crippen LogP contribution in [0.1, 0.15) is 0 Å². The zero-order valence-electron chi connectivity index (χ0n) is 11.8. The van der Waals surface area contributed by atoms with E-state index in [2.05, 4.69) is 15.5 Å². The van der Waals surface area contributed by atoms with Crippen LogP contribution in [0, 0.1) is 0 Å². The van der Waals surface area contributed by atoms with Crippen molar-refractivity contribution in [1.29, 1.82) is 0 Å². The number of benzene rings is 1. The summed E-state index contributed by atoms with van der Waals surface area (Å²) in [5.41, 5.74) is 0.301. The fourth-order valence-electron chi connectivity index (χ4n) is 1.73. The van der Waals surface area contributed by atoms with E-state index in [1.54, 1.807) is 12.1 Å². The Morgan fingerprint density at radius 1 is 1.21 bits per heavy atom. The summed E-state index contributed by atoms with van der Waals surface area (Å²) in [6, 6.07) is 6.38. The van der Waals surface area contributed by atoms with E-state index in [1.165, 1.54) is 18.4 Å². The number of amides is 1. The summed E-state index contributed by atoms with van der Waals surface area (Å²) in [6.45, 7) is 0. The third-order valence-electron chi connectivity index (χ3n) is 2.74. The molecule has 3 rings (SSSR count). The molecule has 1 N–H and O–H groups in total. The molecule has 124 valence electrons. The van der Waals surface area contributed by atoms with E-state index in [9.17, 15) is 4.79 Å². The lowest BCUT2D eigenvalue weighted by atomic mass is 10.3. The van der Waals surface area contributed by atoms with Crippen molar-refractivity contribution in [2.45, 2.75) is 5.22 Å². The highest BCUT2D eigenvalue weighted by molar-refractivity contribution is 7.99. The van der Waals surface area contributed by atoms with Crippen LogP contribution in [0.4, 0.5) is 5.69 Å². The minimum Gasteiger partial charge on any atom is -0.459 e. The van der Waals surface area contributed by atoms with Gasteiger partial charge in [-0.05, 0) is 24.3 Å². The van der Waals surface area contributed by atoms with Gasteiger partial charge in [0, 0.05) is 5.02 Å². The number of hydrogen-bond acceptors (Lipinski definition) is 6. The number of nitrogens with one attached hydrogen (secondary N) is 1. The van der Waals surface area contributed by atoms with Crippen molar-refractivity contribution in [3.05, 3.63) is 45.6 Å². The SMILES string of the molecule is O=C(CSc1nnc(-c2ccco2)o1)Nc1c(Cl)cc(Cl)cc1Cl. The molecule has 6 nitrogen and oxygen atoms in total. The van der Waals surface area contributed by atoms with E-state index in [1.807, 2.05) is 0 Å². The molecular weight excluding hydrogens is 397 g/mol. The largest absolute Gasteiger partial charge is 0.459 e. The van der Waals surface area contributed by atoms with E-state index < -0.39 is 0 Å². The molecule has 24 heavy (non-hydrogen) atoms. The lowest BCUT2D eigenvalue weighted by Crippen LogP contribution is -2.14. The van der Waals surface area contributed by atoms with Crippen LogP contribution in [0.5, 0.6) is 0 Å². The van der Waals surface area contributed by atoms with Crippen molar-refractivity contribution in [3.8, 4) is 11.7 Å². The molecule has 0 atom stereocenters. The van der Waals surface area contributed by atoms with Gasteiger partial charge in [-0.2, -0.15) is 0 Å². The van der Waals surface area contributed by atoms with Crippen molar-refractivity contribution < 1.29 is 13.6 Å². The summed E-state index contributed by atoms with van der Waals surface area (Å²) in [7, 11) is 0. The fourth-order valence-corrected chi connectivity index (χ4v) is 3.21. The monoisotopic (exact) mass is 403 g/mol. The van der Waals surface area contributed by atoms with Gasteiger partial charge in [-0.3, -0.25) is 4.79 Å². The Morgan fingerprint density at radius 2 is 1.96 bits per heavy atom. The Bertz CT molecular complexity index is 844. The molecule has 2 heterocycles. The van der Waals surface area contributed by atoms with Gasteiger partial charge in [-0.25, -0.2) is 0 Å². The highest BCUT2D eigenvalue weighted by Crippen LogP contribution is 2.34. The van der Waals surface area contributed by atoms with Gasteiger partial charge in [0.05, 0.1) is 27.7 Å². The highest BCUT2D eigenvalue weighted by Gasteiger charge is 2.15. The molecule has 0 aliphatic rings. The first-order chi connectivity index (χ1) is 11.5. The maximum absolute atomic E-state index is 12.0. The van der Waals surface area contributed by atoms with Crippen LogP contribution in [0.25, 0.3) is 11.7 Å². The van der Waals surface area contributed by atoms with Gasteiger partial charge in [0.2, 0.25) is 5.91 Å². The van der Waals surface area contributed by atoms with Crippen molar-refractivity contribution in [2.75, 3.05) is 11.1 Å². The molecule has 10 heteroatoms. The number of anilines is 1. The van der Waals surface area contributed by atoms with E-state index in [4.69, 9.17) is 43.6 Å². The number of thioether (sulfide) groups is 1. The van der Waals surface area contributed by atoms with Crippen LogP contribution in [0.15, 0.2) is 44.6 Å². The maximum atomic E-state index is 12.0. The van der Waals surface area contributed by atoms with Gasteiger partial charge in [-0.1, -0.05) is 46.6 Å². The zero-order valence-corrected chi connectivity index (χ0v) is 14.8. The molecule has 0 radical (unpaired) electrons. The molecule has 1 amide bonds.